The first-order valence-electron chi connectivity index (χ1n) is 6.48. The maximum Gasteiger partial charge on any atom is 0.268 e. The maximum absolute atomic E-state index is 12.4. The molecular formula is C14H18N2O. The molecular weight excluding hydrogens is 212 g/mol. The largest absolute Gasteiger partial charge is 0.270 e. The van der Waals surface area contributed by atoms with Gasteiger partial charge in [-0.15, -0.1) is 0 Å². The van der Waals surface area contributed by atoms with Crippen LogP contribution in [0.4, 0.5) is 0 Å². The van der Waals surface area contributed by atoms with E-state index >= 15 is 0 Å². The van der Waals surface area contributed by atoms with Gasteiger partial charge >= 0.3 is 0 Å². The molecule has 3 rings (SSSR count). The van der Waals surface area contributed by atoms with Crippen molar-refractivity contribution in [1.29, 1.82) is 0 Å². The molecule has 17 heavy (non-hydrogen) atoms. The number of carbonyl (C=O) groups excluding carboxylic acids is 1. The highest BCUT2D eigenvalue weighted by molar-refractivity contribution is 5.94. The Hall–Kier alpha value is -1.35. The van der Waals surface area contributed by atoms with E-state index in [0.717, 1.165) is 18.5 Å². The second kappa shape index (κ2) is 4.49. The molecule has 3 heteroatoms. The van der Waals surface area contributed by atoms with Gasteiger partial charge in [-0.2, -0.15) is 0 Å². The number of carbonyl (C=O) groups is 1. The standard InChI is InChI=1S/C14H18N2O/c17-14(11-6-2-1-3-7-11)16-13-9-5-4-8-12(13)10-15-16/h1-3,6-7,12-13,15H,4-5,8-10H2/t12-,13+/m1/s1. The molecule has 0 radical (unpaired) electrons. The van der Waals surface area contributed by atoms with Crippen molar-refractivity contribution in [2.45, 2.75) is 31.7 Å². The van der Waals surface area contributed by atoms with Crippen LogP contribution in [0.5, 0.6) is 0 Å². The Morgan fingerprint density at radius 2 is 1.94 bits per heavy atom. The number of hydrogen-bond acceptors (Lipinski definition) is 2. The van der Waals surface area contributed by atoms with Crippen LogP contribution in [0.25, 0.3) is 0 Å². The van der Waals surface area contributed by atoms with E-state index < -0.39 is 0 Å². The third-order valence-corrected chi connectivity index (χ3v) is 3.96. The van der Waals surface area contributed by atoms with Gasteiger partial charge in [0.05, 0.1) is 6.04 Å². The Kier molecular flexibility index (Phi) is 2.85. The number of fused-ring (bicyclic) bond motifs is 1. The van der Waals surface area contributed by atoms with Crippen molar-refractivity contribution in [3.05, 3.63) is 35.9 Å². The first kappa shape index (κ1) is 10.8. The normalized spacial score (nSPS) is 27.9. The van der Waals surface area contributed by atoms with Crippen LogP contribution >= 0.6 is 0 Å². The van der Waals surface area contributed by atoms with Crippen molar-refractivity contribution >= 4 is 5.91 Å². The van der Waals surface area contributed by atoms with Gasteiger partial charge in [0.1, 0.15) is 0 Å². The second-order valence-corrected chi connectivity index (χ2v) is 5.02. The molecule has 90 valence electrons. The molecule has 0 aromatic heterocycles. The van der Waals surface area contributed by atoms with Gasteiger partial charge in [0.25, 0.3) is 5.91 Å². The van der Waals surface area contributed by atoms with Crippen molar-refractivity contribution in [1.82, 2.24) is 10.4 Å². The summed E-state index contributed by atoms with van der Waals surface area (Å²) in [5, 5.41) is 1.87. The molecule has 1 heterocycles. The van der Waals surface area contributed by atoms with Crippen LogP contribution in [0.2, 0.25) is 0 Å². The predicted molar refractivity (Wildman–Crippen MR) is 66.4 cm³/mol. The van der Waals surface area contributed by atoms with E-state index in [0.29, 0.717) is 12.0 Å². The molecule has 0 spiro atoms. The Morgan fingerprint density at radius 3 is 2.76 bits per heavy atom. The van der Waals surface area contributed by atoms with Crippen LogP contribution in [0.3, 0.4) is 0 Å². The summed E-state index contributed by atoms with van der Waals surface area (Å²) in [5.74, 6) is 0.788. The SMILES string of the molecule is O=C(c1ccccc1)N1NC[C@H]2CCCC[C@@H]21. The summed E-state index contributed by atoms with van der Waals surface area (Å²) in [6.07, 6.45) is 4.98. The number of nitrogens with zero attached hydrogens (tertiary/aromatic N) is 1. The Balaban J connectivity index is 1.79. The lowest BCUT2D eigenvalue weighted by molar-refractivity contribution is 0.0602. The minimum absolute atomic E-state index is 0.125. The molecule has 0 unspecified atom stereocenters. The van der Waals surface area contributed by atoms with Crippen LogP contribution in [0.15, 0.2) is 30.3 Å². The van der Waals surface area contributed by atoms with E-state index in [1.807, 2.05) is 35.3 Å². The molecule has 2 aliphatic rings. The van der Waals surface area contributed by atoms with Crippen molar-refractivity contribution in [3.63, 3.8) is 0 Å². The fraction of sp³-hybridized carbons (Fsp3) is 0.500. The molecule has 1 saturated carbocycles. The fourth-order valence-corrected chi connectivity index (χ4v) is 3.04. The lowest BCUT2D eigenvalue weighted by Crippen LogP contribution is -2.43. The molecule has 1 aromatic carbocycles. The number of nitrogens with one attached hydrogen (secondary N) is 1. The van der Waals surface area contributed by atoms with Gasteiger partial charge in [-0.3, -0.25) is 9.80 Å². The van der Waals surface area contributed by atoms with Gasteiger partial charge in [0.15, 0.2) is 0 Å². The minimum atomic E-state index is 0.125. The molecule has 2 atom stereocenters. The van der Waals surface area contributed by atoms with E-state index in [-0.39, 0.29) is 5.91 Å². The summed E-state index contributed by atoms with van der Waals surface area (Å²) in [6.45, 7) is 0.962. The number of amides is 1. The van der Waals surface area contributed by atoms with Crippen molar-refractivity contribution < 1.29 is 4.79 Å². The third-order valence-electron chi connectivity index (χ3n) is 3.96. The van der Waals surface area contributed by atoms with Gasteiger partial charge in [0.2, 0.25) is 0 Å². The summed E-state index contributed by atoms with van der Waals surface area (Å²) in [4.78, 5) is 12.4. The predicted octanol–water partition coefficient (Wildman–Crippen LogP) is 2.21. The highest BCUT2D eigenvalue weighted by Crippen LogP contribution is 2.31. The summed E-state index contributed by atoms with van der Waals surface area (Å²) in [6, 6.07) is 9.97. The molecule has 1 aliphatic heterocycles. The van der Waals surface area contributed by atoms with Crippen molar-refractivity contribution in [3.8, 4) is 0 Å². The summed E-state index contributed by atoms with van der Waals surface area (Å²) < 4.78 is 0. The number of benzene rings is 1. The zero-order valence-corrected chi connectivity index (χ0v) is 9.93. The molecule has 2 fully saturated rings. The Bertz CT molecular complexity index is 404. The van der Waals surface area contributed by atoms with E-state index in [1.165, 1.54) is 19.3 Å². The van der Waals surface area contributed by atoms with E-state index in [1.54, 1.807) is 0 Å². The minimum Gasteiger partial charge on any atom is -0.270 e. The monoisotopic (exact) mass is 230 g/mol. The van der Waals surface area contributed by atoms with E-state index in [9.17, 15) is 4.79 Å². The third kappa shape index (κ3) is 1.95. The molecule has 0 bridgehead atoms. The quantitative estimate of drug-likeness (QED) is 0.802. The molecule has 1 aliphatic carbocycles. The summed E-state index contributed by atoms with van der Waals surface area (Å²) in [7, 11) is 0. The Morgan fingerprint density at radius 1 is 1.18 bits per heavy atom. The molecule has 1 saturated heterocycles. The van der Waals surface area contributed by atoms with Gasteiger partial charge < -0.3 is 0 Å². The van der Waals surface area contributed by atoms with Crippen LogP contribution in [-0.2, 0) is 0 Å². The smallest absolute Gasteiger partial charge is 0.268 e. The summed E-state index contributed by atoms with van der Waals surface area (Å²) >= 11 is 0. The van der Waals surface area contributed by atoms with Gasteiger partial charge in [-0.05, 0) is 30.9 Å². The fourth-order valence-electron chi connectivity index (χ4n) is 3.04. The average Bonchev–Trinajstić information content (AvgIpc) is 2.83. The number of rotatable bonds is 1. The van der Waals surface area contributed by atoms with E-state index in [4.69, 9.17) is 0 Å². The Labute approximate surface area is 102 Å². The van der Waals surface area contributed by atoms with Gasteiger partial charge in [-0.1, -0.05) is 31.0 Å². The van der Waals surface area contributed by atoms with Crippen LogP contribution in [0.1, 0.15) is 36.0 Å². The number of hydrazine groups is 1. The van der Waals surface area contributed by atoms with Crippen LogP contribution in [-0.4, -0.2) is 23.5 Å². The molecule has 3 nitrogen and oxygen atoms in total. The van der Waals surface area contributed by atoms with Gasteiger partial charge in [-0.25, -0.2) is 5.43 Å². The average molecular weight is 230 g/mol. The molecule has 1 N–H and O–H groups in total. The van der Waals surface area contributed by atoms with E-state index in [2.05, 4.69) is 5.43 Å². The molecule has 1 aromatic rings. The summed E-state index contributed by atoms with van der Waals surface area (Å²) in [5.41, 5.74) is 4.06. The zero-order valence-electron chi connectivity index (χ0n) is 9.93. The highest BCUT2D eigenvalue weighted by atomic mass is 16.2. The van der Waals surface area contributed by atoms with Crippen LogP contribution in [0, 0.1) is 5.92 Å². The lowest BCUT2D eigenvalue weighted by atomic mass is 9.85. The van der Waals surface area contributed by atoms with Crippen molar-refractivity contribution in [2.24, 2.45) is 5.92 Å². The maximum atomic E-state index is 12.4. The van der Waals surface area contributed by atoms with Gasteiger partial charge in [0, 0.05) is 12.1 Å². The number of hydrogen-bond donors (Lipinski definition) is 1. The topological polar surface area (TPSA) is 32.3 Å². The highest BCUT2D eigenvalue weighted by Gasteiger charge is 2.38. The first-order chi connectivity index (χ1) is 8.36. The second-order valence-electron chi connectivity index (χ2n) is 5.02. The molecule has 1 amide bonds. The van der Waals surface area contributed by atoms with Crippen LogP contribution < -0.4 is 5.43 Å². The first-order valence-corrected chi connectivity index (χ1v) is 6.48. The van der Waals surface area contributed by atoms with Crippen molar-refractivity contribution in [2.75, 3.05) is 6.54 Å². The zero-order chi connectivity index (χ0) is 11.7. The lowest BCUT2D eigenvalue weighted by Gasteiger charge is -2.30.